The van der Waals surface area contributed by atoms with Gasteiger partial charge in [-0.1, -0.05) is 13.0 Å². The molecule has 0 bridgehead atoms. The zero-order valence-corrected chi connectivity index (χ0v) is 20.1. The van der Waals surface area contributed by atoms with Gasteiger partial charge in [-0.25, -0.2) is 4.79 Å². The largest absolute Gasteiger partial charge is 0.507 e. The van der Waals surface area contributed by atoms with Gasteiger partial charge >= 0.3 is 5.97 Å². The molecule has 0 spiro atoms. The molecule has 0 aliphatic carbocycles. The zero-order chi connectivity index (χ0) is 23.5. The molecule has 0 radical (unpaired) electrons. The molecule has 0 saturated carbocycles. The summed E-state index contributed by atoms with van der Waals surface area (Å²) in [5, 5.41) is 12.3. The van der Waals surface area contributed by atoms with Crippen LogP contribution in [-0.2, 0) is 24.9 Å². The second kappa shape index (κ2) is 9.93. The first-order valence-electron chi connectivity index (χ1n) is 11.8. The van der Waals surface area contributed by atoms with E-state index in [9.17, 15) is 9.90 Å². The topological polar surface area (TPSA) is 70.8 Å². The third-order valence-electron chi connectivity index (χ3n) is 6.68. The van der Waals surface area contributed by atoms with E-state index in [4.69, 9.17) is 4.74 Å². The summed E-state index contributed by atoms with van der Waals surface area (Å²) >= 11 is 0. The van der Waals surface area contributed by atoms with Crippen LogP contribution in [-0.4, -0.2) is 63.7 Å². The maximum Gasteiger partial charge on any atom is 0.340 e. The van der Waals surface area contributed by atoms with Crippen molar-refractivity contribution in [3.63, 3.8) is 0 Å². The third-order valence-corrected chi connectivity index (χ3v) is 6.68. The van der Waals surface area contributed by atoms with E-state index < -0.39 is 0 Å². The monoisotopic (exact) mass is 450 g/mol. The number of carbonyl (C=O) groups excluding carboxylic acids is 1. The second-order valence-corrected chi connectivity index (χ2v) is 8.80. The summed E-state index contributed by atoms with van der Waals surface area (Å²) in [7, 11) is 4.03. The Bertz CT molecular complexity index is 1130. The van der Waals surface area contributed by atoms with Gasteiger partial charge in [0.2, 0.25) is 0 Å². The molecule has 3 heterocycles. The molecule has 1 N–H and O–H groups in total. The number of pyridine rings is 1. The first-order valence-corrected chi connectivity index (χ1v) is 11.8. The number of hydrogen-bond donors (Lipinski definition) is 1. The van der Waals surface area contributed by atoms with Gasteiger partial charge in [0.05, 0.1) is 17.7 Å². The predicted molar refractivity (Wildman–Crippen MR) is 130 cm³/mol. The van der Waals surface area contributed by atoms with Crippen molar-refractivity contribution in [1.82, 2.24) is 19.4 Å². The zero-order valence-electron chi connectivity index (χ0n) is 20.1. The molecule has 0 amide bonds. The standard InChI is InChI=1S/C26H34N4O3/c1-5-28(3)17-22-24(26(32)33-6-2)23-20(16-30-12-7-8-13-30)25(31)19(14-21(23)29(22)4)18-10-9-11-27-15-18/h9-11,14-15,31H,5-8,12-13,16-17H2,1-4H3. The molecule has 7 heteroatoms. The van der Waals surface area contributed by atoms with Crippen LogP contribution in [0.5, 0.6) is 5.75 Å². The maximum absolute atomic E-state index is 13.3. The van der Waals surface area contributed by atoms with Crippen LogP contribution in [0.15, 0.2) is 30.6 Å². The average molecular weight is 451 g/mol. The maximum atomic E-state index is 13.3. The van der Waals surface area contributed by atoms with E-state index in [-0.39, 0.29) is 11.7 Å². The van der Waals surface area contributed by atoms with Gasteiger partial charge in [-0.3, -0.25) is 9.88 Å². The van der Waals surface area contributed by atoms with E-state index >= 15 is 0 Å². The smallest absolute Gasteiger partial charge is 0.340 e. The number of phenols is 1. The summed E-state index contributed by atoms with van der Waals surface area (Å²) < 4.78 is 7.59. The molecule has 3 aromatic rings. The number of esters is 1. The van der Waals surface area contributed by atoms with Crippen molar-refractivity contribution in [2.24, 2.45) is 7.05 Å². The van der Waals surface area contributed by atoms with Gasteiger partial charge in [0, 0.05) is 60.3 Å². The van der Waals surface area contributed by atoms with Crippen molar-refractivity contribution >= 4 is 16.9 Å². The van der Waals surface area contributed by atoms with Crippen LogP contribution < -0.4 is 0 Å². The SMILES string of the molecule is CCOC(=O)c1c(CN(C)CC)n(C)c2cc(-c3cccnc3)c(O)c(CN3CCCC3)c12. The molecular weight excluding hydrogens is 416 g/mol. The fraction of sp³-hybridized carbons (Fsp3) is 0.462. The molecule has 1 aromatic carbocycles. The first kappa shape index (κ1) is 23.3. The highest BCUT2D eigenvalue weighted by Gasteiger charge is 2.29. The predicted octanol–water partition coefficient (Wildman–Crippen LogP) is 4.17. The van der Waals surface area contributed by atoms with Crippen LogP contribution in [0.2, 0.25) is 0 Å². The molecule has 0 atom stereocenters. The van der Waals surface area contributed by atoms with Crippen LogP contribution in [0, 0.1) is 0 Å². The van der Waals surface area contributed by atoms with Crippen molar-refractivity contribution < 1.29 is 14.6 Å². The Labute approximate surface area is 195 Å². The molecule has 1 aliphatic rings. The Hall–Kier alpha value is -2.90. The molecule has 33 heavy (non-hydrogen) atoms. The number of ether oxygens (including phenoxy) is 1. The molecule has 1 fully saturated rings. The number of hydrogen-bond acceptors (Lipinski definition) is 6. The van der Waals surface area contributed by atoms with Crippen molar-refractivity contribution in [1.29, 1.82) is 0 Å². The second-order valence-electron chi connectivity index (χ2n) is 8.80. The normalized spacial score (nSPS) is 14.5. The summed E-state index contributed by atoms with van der Waals surface area (Å²) in [4.78, 5) is 22.0. The number of aryl methyl sites for hydroxylation is 1. The lowest BCUT2D eigenvalue weighted by molar-refractivity contribution is 0.0526. The number of aromatic nitrogens is 2. The molecule has 2 aromatic heterocycles. The Morgan fingerprint density at radius 1 is 1.27 bits per heavy atom. The number of phenolic OH excluding ortho intramolecular Hbond substituents is 1. The van der Waals surface area contributed by atoms with Gasteiger partial charge < -0.3 is 19.3 Å². The van der Waals surface area contributed by atoms with Gasteiger partial charge in [-0.05, 0) is 58.6 Å². The summed E-state index contributed by atoms with van der Waals surface area (Å²) in [5.74, 6) is -0.118. The summed E-state index contributed by atoms with van der Waals surface area (Å²) in [5.41, 5.74) is 4.76. The lowest BCUT2D eigenvalue weighted by atomic mass is 9.96. The lowest BCUT2D eigenvalue weighted by Crippen LogP contribution is -2.21. The molecule has 1 saturated heterocycles. The number of likely N-dealkylation sites (tertiary alicyclic amines) is 1. The van der Waals surface area contributed by atoms with E-state index in [2.05, 4.69) is 26.3 Å². The fourth-order valence-electron chi connectivity index (χ4n) is 4.75. The summed E-state index contributed by atoms with van der Waals surface area (Å²) in [6.45, 7) is 8.27. The highest BCUT2D eigenvalue weighted by molar-refractivity contribution is 6.09. The van der Waals surface area contributed by atoms with Gasteiger partial charge in [0.1, 0.15) is 5.75 Å². The molecule has 7 nitrogen and oxygen atoms in total. The number of aromatic hydroxyl groups is 1. The number of rotatable bonds is 8. The summed E-state index contributed by atoms with van der Waals surface area (Å²) in [6.07, 6.45) is 5.79. The molecule has 176 valence electrons. The summed E-state index contributed by atoms with van der Waals surface area (Å²) in [6, 6.07) is 5.80. The Morgan fingerprint density at radius 3 is 2.67 bits per heavy atom. The van der Waals surface area contributed by atoms with E-state index in [1.54, 1.807) is 12.4 Å². The Morgan fingerprint density at radius 2 is 2.03 bits per heavy atom. The van der Waals surface area contributed by atoms with Gasteiger partial charge in [-0.2, -0.15) is 0 Å². The van der Waals surface area contributed by atoms with E-state index in [0.29, 0.717) is 25.3 Å². The number of carbonyl (C=O) groups is 1. The minimum Gasteiger partial charge on any atom is -0.507 e. The van der Waals surface area contributed by atoms with Gasteiger partial charge in [0.15, 0.2) is 0 Å². The average Bonchev–Trinajstić information content (AvgIpc) is 3.43. The van der Waals surface area contributed by atoms with Crippen molar-refractivity contribution in [3.05, 3.63) is 47.4 Å². The first-order chi connectivity index (χ1) is 16.0. The van der Waals surface area contributed by atoms with Gasteiger partial charge in [0.25, 0.3) is 0 Å². The number of fused-ring (bicyclic) bond motifs is 1. The van der Waals surface area contributed by atoms with E-state index in [1.165, 1.54) is 0 Å². The highest BCUT2D eigenvalue weighted by Crippen LogP contribution is 2.42. The number of nitrogens with zero attached hydrogens (tertiary/aromatic N) is 4. The fourth-order valence-corrected chi connectivity index (χ4v) is 4.75. The highest BCUT2D eigenvalue weighted by atomic mass is 16.5. The Kier molecular flexibility index (Phi) is 7.00. The van der Waals surface area contributed by atoms with E-state index in [1.807, 2.05) is 39.2 Å². The van der Waals surface area contributed by atoms with E-state index in [0.717, 1.165) is 65.8 Å². The minimum absolute atomic E-state index is 0.217. The molecule has 4 rings (SSSR count). The number of benzene rings is 1. The van der Waals surface area contributed by atoms with Crippen LogP contribution >= 0.6 is 0 Å². The van der Waals surface area contributed by atoms with Crippen molar-refractivity contribution in [2.75, 3.05) is 33.3 Å². The quantitative estimate of drug-likeness (QED) is 0.520. The molecule has 0 unspecified atom stereocenters. The van der Waals surface area contributed by atoms with Crippen molar-refractivity contribution in [3.8, 4) is 16.9 Å². The lowest BCUT2D eigenvalue weighted by Gasteiger charge is -2.19. The molecular formula is C26H34N4O3. The van der Waals surface area contributed by atoms with Crippen LogP contribution in [0.25, 0.3) is 22.0 Å². The molecule has 1 aliphatic heterocycles. The van der Waals surface area contributed by atoms with Crippen LogP contribution in [0.3, 0.4) is 0 Å². The van der Waals surface area contributed by atoms with Crippen LogP contribution in [0.1, 0.15) is 48.3 Å². The Balaban J connectivity index is 2.02. The minimum atomic E-state index is -0.334. The van der Waals surface area contributed by atoms with Crippen LogP contribution in [0.4, 0.5) is 0 Å². The third kappa shape index (κ3) is 4.48. The van der Waals surface area contributed by atoms with Gasteiger partial charge in [-0.15, -0.1) is 0 Å². The van der Waals surface area contributed by atoms with Crippen molar-refractivity contribution in [2.45, 2.75) is 39.8 Å².